The Balaban J connectivity index is 3.17. The monoisotopic (exact) mass is 578 g/mol. The van der Waals surface area contributed by atoms with Crippen molar-refractivity contribution in [1.29, 1.82) is 0 Å². The minimum atomic E-state index is -6.62. The summed E-state index contributed by atoms with van der Waals surface area (Å²) in [6, 6.07) is 0. The van der Waals surface area contributed by atoms with Gasteiger partial charge >= 0.3 is 31.5 Å². The van der Waals surface area contributed by atoms with Gasteiger partial charge in [0.2, 0.25) is 0 Å². The quantitative estimate of drug-likeness (QED) is 0.176. The Morgan fingerprint density at radius 1 is 0.931 bits per heavy atom. The average Bonchev–Trinajstić information content (AvgIpc) is 2.52. The highest BCUT2D eigenvalue weighted by atomic mass is 127. The lowest BCUT2D eigenvalue weighted by molar-refractivity contribution is -0.439. The van der Waals surface area contributed by atoms with Crippen LogP contribution in [0.15, 0.2) is 0 Å². The zero-order valence-corrected chi connectivity index (χ0v) is 18.4. The third-order valence-corrected chi connectivity index (χ3v) is 6.63. The van der Waals surface area contributed by atoms with Crippen LogP contribution in [0.1, 0.15) is 34.1 Å². The molecule has 0 aliphatic carbocycles. The highest BCUT2D eigenvalue weighted by molar-refractivity contribution is 14.1. The third kappa shape index (κ3) is 5.26. The number of halogens is 9. The molecule has 1 heterocycles. The van der Waals surface area contributed by atoms with Crippen LogP contribution in [0.2, 0.25) is 0 Å². The minimum absolute atomic E-state index is 0.318. The highest BCUT2D eigenvalue weighted by Crippen LogP contribution is 2.50. The van der Waals surface area contributed by atoms with Gasteiger partial charge in [-0.15, -0.1) is 0 Å². The molecular formula is C14H19F8IO5S. The van der Waals surface area contributed by atoms with Crippen LogP contribution in [-0.2, 0) is 23.8 Å². The molecule has 0 aromatic carbocycles. The van der Waals surface area contributed by atoms with Crippen molar-refractivity contribution >= 4 is 32.7 Å². The predicted octanol–water partition coefficient (Wildman–Crippen LogP) is 4.99. The molecule has 0 spiro atoms. The van der Waals surface area contributed by atoms with Crippen molar-refractivity contribution in [3.8, 4) is 0 Å². The summed E-state index contributed by atoms with van der Waals surface area (Å²) in [5.74, 6) is -1.20. The molecule has 1 fully saturated rings. The molecule has 29 heavy (non-hydrogen) atoms. The van der Waals surface area contributed by atoms with Crippen LogP contribution in [0.4, 0.5) is 35.1 Å². The highest BCUT2D eigenvalue weighted by Gasteiger charge is 2.74. The van der Waals surface area contributed by atoms with E-state index in [9.17, 15) is 43.5 Å². The van der Waals surface area contributed by atoms with Crippen molar-refractivity contribution in [1.82, 2.24) is 0 Å². The Labute approximate surface area is 175 Å². The Hall–Kier alpha value is -0.000000000000000222. The van der Waals surface area contributed by atoms with E-state index in [1.165, 1.54) is 13.8 Å². The molecule has 0 radical (unpaired) electrons. The molecule has 1 aliphatic heterocycles. The van der Waals surface area contributed by atoms with Crippen LogP contribution in [0.25, 0.3) is 0 Å². The summed E-state index contributed by atoms with van der Waals surface area (Å²) in [6.45, 7) is 5.99. The van der Waals surface area contributed by atoms with E-state index in [4.69, 9.17) is 4.74 Å². The van der Waals surface area contributed by atoms with Gasteiger partial charge in [0.15, 0.2) is 0 Å². The largest absolute Gasteiger partial charge is 0.460 e. The lowest BCUT2D eigenvalue weighted by Gasteiger charge is -2.43. The molecule has 5 atom stereocenters. The van der Waals surface area contributed by atoms with Crippen molar-refractivity contribution in [3.05, 3.63) is 0 Å². The molecule has 0 unspecified atom stereocenters. The minimum Gasteiger partial charge on any atom is -0.372 e. The fourth-order valence-corrected chi connectivity index (χ4v) is 3.99. The molecule has 1 aliphatic rings. The van der Waals surface area contributed by atoms with Gasteiger partial charge in [0.1, 0.15) is 6.10 Å². The fraction of sp³-hybridized carbons (Fsp3) is 1.00. The first kappa shape index (κ1) is 27.0. The molecule has 15 heteroatoms. The summed E-state index contributed by atoms with van der Waals surface area (Å²) in [5.41, 5.74) is 0. The summed E-state index contributed by atoms with van der Waals surface area (Å²) in [7, 11) is -6.62. The van der Waals surface area contributed by atoms with Crippen LogP contribution in [-0.4, -0.2) is 48.1 Å². The van der Waals surface area contributed by atoms with Crippen LogP contribution in [0.5, 0.6) is 0 Å². The maximum absolute atomic E-state index is 13.9. The van der Waals surface area contributed by atoms with Gasteiger partial charge in [-0.25, -0.2) is 4.74 Å². The van der Waals surface area contributed by atoms with E-state index in [0.717, 1.165) is 0 Å². The van der Waals surface area contributed by atoms with Crippen molar-refractivity contribution in [2.75, 3.05) is 0 Å². The van der Waals surface area contributed by atoms with Crippen molar-refractivity contribution in [3.63, 3.8) is 0 Å². The molecule has 5 nitrogen and oxygen atoms in total. The van der Waals surface area contributed by atoms with E-state index in [1.54, 1.807) is 13.8 Å². The van der Waals surface area contributed by atoms with E-state index in [2.05, 4.69) is 8.92 Å². The number of ether oxygens (including phenoxy) is 2. The van der Waals surface area contributed by atoms with Crippen LogP contribution < -0.4 is 0 Å². The van der Waals surface area contributed by atoms with E-state index < -0.39 is 61.7 Å². The number of rotatable bonds is 8. The SMILES string of the molecule is CC[C@H]1O[C@@H](C)[C@@H](OS(=O)(=O)C(F)(F)C(F)(F)OC(F)(F)C(F)(F)I)[C@@H](C)[C@@H]1C. The standard InChI is InChI=1S/C14H19F8IO5S/c1-5-9-6(2)7(3)10(8(4)26-9)27-29(24,25)14(21,22)13(19,20)28-12(17,18)11(15,16)23/h6-10H,5H2,1-4H3/t6-,7-,8-,9+,10-/m0/s1. The topological polar surface area (TPSA) is 61.8 Å². The summed E-state index contributed by atoms with van der Waals surface area (Å²) in [4.78, 5) is 0. The molecule has 0 bridgehead atoms. The van der Waals surface area contributed by atoms with Crippen molar-refractivity contribution in [2.45, 2.75) is 73.8 Å². The van der Waals surface area contributed by atoms with Crippen LogP contribution in [0, 0.1) is 11.8 Å². The summed E-state index contributed by atoms with van der Waals surface area (Å²) in [5, 5.41) is -6.41. The molecule has 0 aromatic heterocycles. The van der Waals surface area contributed by atoms with E-state index in [0.29, 0.717) is 6.42 Å². The van der Waals surface area contributed by atoms with E-state index >= 15 is 0 Å². The van der Waals surface area contributed by atoms with Crippen LogP contribution >= 0.6 is 22.6 Å². The maximum atomic E-state index is 13.9. The average molecular weight is 578 g/mol. The number of hydrogen-bond acceptors (Lipinski definition) is 5. The second kappa shape index (κ2) is 8.50. The second-order valence-corrected chi connectivity index (χ2v) is 9.64. The lowest BCUT2D eigenvalue weighted by atomic mass is 9.81. The maximum Gasteiger partial charge on any atom is 0.460 e. The smallest absolute Gasteiger partial charge is 0.372 e. The van der Waals surface area contributed by atoms with Crippen molar-refractivity contribution < 1.29 is 57.2 Å². The zero-order chi connectivity index (χ0) is 23.2. The van der Waals surface area contributed by atoms with Gasteiger partial charge in [-0.3, -0.25) is 4.18 Å². The van der Waals surface area contributed by atoms with Gasteiger partial charge in [-0.05, 0) is 25.2 Å². The van der Waals surface area contributed by atoms with Gasteiger partial charge in [-0.1, -0.05) is 20.8 Å². The Bertz CT molecular complexity index is 684. The molecular weight excluding hydrogens is 559 g/mol. The molecule has 0 N–H and O–H groups in total. The van der Waals surface area contributed by atoms with Gasteiger partial charge in [-0.2, -0.15) is 43.5 Å². The molecule has 0 amide bonds. The van der Waals surface area contributed by atoms with E-state index in [1.807, 2.05) is 0 Å². The zero-order valence-electron chi connectivity index (χ0n) is 15.4. The van der Waals surface area contributed by atoms with Gasteiger partial charge in [0, 0.05) is 22.6 Å². The van der Waals surface area contributed by atoms with Gasteiger partial charge in [0.05, 0.1) is 12.2 Å². The summed E-state index contributed by atoms with van der Waals surface area (Å²) >= 11 is -0.318. The third-order valence-electron chi connectivity index (χ3n) is 4.67. The predicted molar refractivity (Wildman–Crippen MR) is 91.6 cm³/mol. The van der Waals surface area contributed by atoms with E-state index in [-0.39, 0.29) is 22.6 Å². The number of hydrogen-bond donors (Lipinski definition) is 0. The first-order valence-electron chi connectivity index (χ1n) is 8.20. The fourth-order valence-electron chi connectivity index (χ4n) is 2.81. The Kier molecular flexibility index (Phi) is 7.93. The number of alkyl halides is 9. The molecule has 174 valence electrons. The first-order valence-corrected chi connectivity index (χ1v) is 10.7. The van der Waals surface area contributed by atoms with Gasteiger partial charge in [0.25, 0.3) is 0 Å². The normalized spacial score (nSPS) is 30.4. The first-order chi connectivity index (χ1) is 12.7. The Morgan fingerprint density at radius 3 is 1.83 bits per heavy atom. The summed E-state index contributed by atoms with van der Waals surface area (Å²) < 4.78 is 137. The molecule has 1 saturated heterocycles. The van der Waals surface area contributed by atoms with Gasteiger partial charge < -0.3 is 4.74 Å². The van der Waals surface area contributed by atoms with Crippen LogP contribution in [0.3, 0.4) is 0 Å². The van der Waals surface area contributed by atoms with Crippen molar-refractivity contribution in [2.24, 2.45) is 11.8 Å². The molecule has 1 rings (SSSR count). The molecule has 0 saturated carbocycles. The second-order valence-electron chi connectivity index (χ2n) is 6.67. The summed E-state index contributed by atoms with van der Waals surface area (Å²) in [6.07, 6.45) is -15.3. The Morgan fingerprint density at radius 2 is 1.41 bits per heavy atom. The lowest BCUT2D eigenvalue weighted by Crippen LogP contribution is -2.57. The molecule has 0 aromatic rings.